The number of nitrogens with one attached hydrogen (secondary N) is 1. The van der Waals surface area contributed by atoms with Gasteiger partial charge in [-0.3, -0.25) is 0 Å². The van der Waals surface area contributed by atoms with E-state index >= 15 is 0 Å². The number of anilines is 1. The average Bonchev–Trinajstić information content (AvgIpc) is 2.37. The molecule has 0 radical (unpaired) electrons. The van der Waals surface area contributed by atoms with Gasteiger partial charge in [0, 0.05) is 23.9 Å². The maximum atomic E-state index is 12.2. The number of nitrogens with two attached hydrogens (primary N) is 1. The molecule has 0 spiro atoms. The maximum Gasteiger partial charge on any atom is 0.240 e. The number of hydrogen-bond acceptors (Lipinski definition) is 4. The van der Waals surface area contributed by atoms with Crippen LogP contribution in [0.25, 0.3) is 0 Å². The smallest absolute Gasteiger partial charge is 0.240 e. The van der Waals surface area contributed by atoms with Gasteiger partial charge in [0.05, 0.1) is 11.0 Å². The van der Waals surface area contributed by atoms with Crippen LogP contribution in [0, 0.1) is 6.92 Å². The van der Waals surface area contributed by atoms with Crippen LogP contribution in [-0.2, 0) is 14.8 Å². The Hall–Kier alpha value is -0.820. The Morgan fingerprint density at radius 1 is 1.33 bits per heavy atom. The highest BCUT2D eigenvalue weighted by Gasteiger charge is 2.18. The zero-order valence-corrected chi connectivity index (χ0v) is 14.2. The molecule has 1 rings (SSSR count). The predicted molar refractivity (Wildman–Crippen MR) is 86.1 cm³/mol. The van der Waals surface area contributed by atoms with Gasteiger partial charge < -0.3 is 10.5 Å². The van der Waals surface area contributed by atoms with Crippen molar-refractivity contribution in [2.24, 2.45) is 0 Å². The van der Waals surface area contributed by atoms with Gasteiger partial charge in [-0.1, -0.05) is 11.6 Å². The van der Waals surface area contributed by atoms with Gasteiger partial charge in [0.25, 0.3) is 0 Å². The molecule has 0 amide bonds. The van der Waals surface area contributed by atoms with Crippen LogP contribution >= 0.6 is 11.6 Å². The van der Waals surface area contributed by atoms with Gasteiger partial charge in [-0.2, -0.15) is 0 Å². The molecular weight excluding hydrogens is 312 g/mol. The highest BCUT2D eigenvalue weighted by atomic mass is 35.5. The van der Waals surface area contributed by atoms with E-state index < -0.39 is 10.0 Å². The molecule has 21 heavy (non-hydrogen) atoms. The number of rotatable bonds is 8. The van der Waals surface area contributed by atoms with Gasteiger partial charge in [-0.15, -0.1) is 0 Å². The van der Waals surface area contributed by atoms with E-state index in [0.717, 1.165) is 6.42 Å². The molecule has 0 bridgehead atoms. The number of benzene rings is 1. The lowest BCUT2D eigenvalue weighted by molar-refractivity contribution is 0.0762. The fourth-order valence-corrected chi connectivity index (χ4v) is 3.45. The van der Waals surface area contributed by atoms with Gasteiger partial charge >= 0.3 is 0 Å². The first-order valence-corrected chi connectivity index (χ1v) is 8.77. The molecule has 0 fully saturated rings. The van der Waals surface area contributed by atoms with Crippen molar-refractivity contribution in [2.45, 2.75) is 44.6 Å². The molecule has 0 atom stereocenters. The molecule has 0 aliphatic heterocycles. The van der Waals surface area contributed by atoms with E-state index in [1.807, 2.05) is 13.8 Å². The molecule has 7 heteroatoms. The highest BCUT2D eigenvalue weighted by Crippen LogP contribution is 2.25. The Morgan fingerprint density at radius 3 is 2.62 bits per heavy atom. The van der Waals surface area contributed by atoms with Crippen LogP contribution in [-0.4, -0.2) is 27.7 Å². The van der Waals surface area contributed by atoms with E-state index in [0.29, 0.717) is 35.8 Å². The Morgan fingerprint density at radius 2 is 2.00 bits per heavy atom. The van der Waals surface area contributed by atoms with Crippen molar-refractivity contribution in [1.82, 2.24) is 4.72 Å². The molecule has 120 valence electrons. The minimum absolute atomic E-state index is 0.130. The molecule has 0 unspecified atom stereocenters. The van der Waals surface area contributed by atoms with Crippen molar-refractivity contribution < 1.29 is 13.2 Å². The second kappa shape index (κ2) is 7.98. The molecule has 1 aromatic rings. The van der Waals surface area contributed by atoms with Gasteiger partial charge in [0.15, 0.2) is 0 Å². The van der Waals surface area contributed by atoms with E-state index in [1.165, 1.54) is 6.07 Å². The van der Waals surface area contributed by atoms with Gasteiger partial charge in [-0.05, 0) is 51.3 Å². The van der Waals surface area contributed by atoms with Crippen LogP contribution in [0.4, 0.5) is 5.69 Å². The lowest BCUT2D eigenvalue weighted by Crippen LogP contribution is -2.26. The Kier molecular flexibility index (Phi) is 6.93. The molecule has 0 saturated carbocycles. The van der Waals surface area contributed by atoms with E-state index in [1.54, 1.807) is 13.0 Å². The molecule has 0 heterocycles. The van der Waals surface area contributed by atoms with E-state index in [2.05, 4.69) is 4.72 Å². The van der Waals surface area contributed by atoms with Crippen molar-refractivity contribution >= 4 is 27.3 Å². The summed E-state index contributed by atoms with van der Waals surface area (Å²) in [5.41, 5.74) is 6.63. The third kappa shape index (κ3) is 5.82. The lowest BCUT2D eigenvalue weighted by atomic mass is 10.2. The van der Waals surface area contributed by atoms with E-state index in [-0.39, 0.29) is 11.0 Å². The summed E-state index contributed by atoms with van der Waals surface area (Å²) in [6, 6.07) is 2.95. The minimum atomic E-state index is -3.59. The van der Waals surface area contributed by atoms with Crippen molar-refractivity contribution in [1.29, 1.82) is 0 Å². The second-order valence-electron chi connectivity index (χ2n) is 5.14. The van der Waals surface area contributed by atoms with Crippen LogP contribution in [0.15, 0.2) is 17.0 Å². The first kappa shape index (κ1) is 18.2. The van der Waals surface area contributed by atoms with Crippen molar-refractivity contribution in [2.75, 3.05) is 18.9 Å². The summed E-state index contributed by atoms with van der Waals surface area (Å²) >= 11 is 5.87. The molecule has 1 aromatic carbocycles. The number of ether oxygens (including phenoxy) is 1. The number of halogens is 1. The van der Waals surface area contributed by atoms with Gasteiger partial charge in [0.2, 0.25) is 10.0 Å². The van der Waals surface area contributed by atoms with Crippen LogP contribution in [0.1, 0.15) is 32.3 Å². The van der Waals surface area contributed by atoms with Gasteiger partial charge in [0.1, 0.15) is 0 Å². The highest BCUT2D eigenvalue weighted by molar-refractivity contribution is 7.89. The first-order chi connectivity index (χ1) is 9.74. The third-order valence-electron chi connectivity index (χ3n) is 2.97. The summed E-state index contributed by atoms with van der Waals surface area (Å²) in [5.74, 6) is 0. The number of nitrogen functional groups attached to an aromatic ring is 1. The van der Waals surface area contributed by atoms with Crippen LogP contribution in [0.3, 0.4) is 0 Å². The molecule has 0 saturated heterocycles. The molecule has 0 aromatic heterocycles. The second-order valence-corrected chi connectivity index (χ2v) is 7.31. The number of unbranched alkanes of at least 4 members (excludes halogenated alkanes) is 1. The molecular formula is C14H23ClN2O3S. The van der Waals surface area contributed by atoms with Gasteiger partial charge in [-0.25, -0.2) is 13.1 Å². The zero-order valence-electron chi connectivity index (χ0n) is 12.6. The van der Waals surface area contributed by atoms with Crippen LogP contribution in [0.2, 0.25) is 5.02 Å². The quantitative estimate of drug-likeness (QED) is 0.565. The SMILES string of the molecule is Cc1c(N)cc(Cl)cc1S(=O)(=O)NCCCCOC(C)C. The fraction of sp³-hybridized carbons (Fsp3) is 0.571. The minimum Gasteiger partial charge on any atom is -0.398 e. The fourth-order valence-electron chi connectivity index (χ4n) is 1.78. The predicted octanol–water partition coefficient (Wildman–Crippen LogP) is 2.71. The summed E-state index contributed by atoms with van der Waals surface area (Å²) < 4.78 is 32.4. The normalized spacial score (nSPS) is 12.0. The molecule has 0 aliphatic rings. The third-order valence-corrected chi connectivity index (χ3v) is 4.77. The van der Waals surface area contributed by atoms with Crippen molar-refractivity contribution in [3.63, 3.8) is 0 Å². The standard InChI is InChI=1S/C14H23ClN2O3S/c1-10(2)20-7-5-4-6-17-21(18,19)14-9-12(15)8-13(16)11(14)3/h8-10,17H,4-7,16H2,1-3H3. The molecule has 3 N–H and O–H groups in total. The number of hydrogen-bond donors (Lipinski definition) is 2. The Labute approximate surface area is 131 Å². The van der Waals surface area contributed by atoms with Crippen molar-refractivity contribution in [3.8, 4) is 0 Å². The van der Waals surface area contributed by atoms with Crippen LogP contribution < -0.4 is 10.5 Å². The summed E-state index contributed by atoms with van der Waals surface area (Å²) in [6.07, 6.45) is 1.71. The largest absolute Gasteiger partial charge is 0.398 e. The zero-order chi connectivity index (χ0) is 16.0. The summed E-state index contributed by atoms with van der Waals surface area (Å²) in [7, 11) is -3.59. The number of sulfonamides is 1. The topological polar surface area (TPSA) is 81.4 Å². The van der Waals surface area contributed by atoms with Crippen molar-refractivity contribution in [3.05, 3.63) is 22.7 Å². The molecule has 0 aliphatic carbocycles. The van der Waals surface area contributed by atoms with Crippen LogP contribution in [0.5, 0.6) is 0 Å². The first-order valence-electron chi connectivity index (χ1n) is 6.91. The summed E-state index contributed by atoms with van der Waals surface area (Å²) in [5, 5.41) is 0.309. The summed E-state index contributed by atoms with van der Waals surface area (Å²) in [4.78, 5) is 0.130. The Bertz CT molecular complexity index is 574. The monoisotopic (exact) mass is 334 g/mol. The summed E-state index contributed by atoms with van der Waals surface area (Å²) in [6.45, 7) is 6.58. The molecule has 5 nitrogen and oxygen atoms in total. The van der Waals surface area contributed by atoms with E-state index in [4.69, 9.17) is 22.1 Å². The Balaban J connectivity index is 2.59. The van der Waals surface area contributed by atoms with E-state index in [9.17, 15) is 8.42 Å². The maximum absolute atomic E-state index is 12.2. The average molecular weight is 335 g/mol. The lowest BCUT2D eigenvalue weighted by Gasteiger charge is -2.12.